The lowest BCUT2D eigenvalue weighted by Crippen LogP contribution is -2.33. The summed E-state index contributed by atoms with van der Waals surface area (Å²) in [5.74, 6) is 0.00589. The van der Waals surface area contributed by atoms with Crippen LogP contribution >= 0.6 is 0 Å². The van der Waals surface area contributed by atoms with Crippen LogP contribution in [0.2, 0.25) is 0 Å². The highest BCUT2D eigenvalue weighted by molar-refractivity contribution is 6.04. The first-order chi connectivity index (χ1) is 13.9. The summed E-state index contributed by atoms with van der Waals surface area (Å²) >= 11 is 0. The maximum absolute atomic E-state index is 13.4. The summed E-state index contributed by atoms with van der Waals surface area (Å²) in [5.41, 5.74) is 1.44. The summed E-state index contributed by atoms with van der Waals surface area (Å²) in [6.45, 7) is 4.04. The predicted molar refractivity (Wildman–Crippen MR) is 110 cm³/mol. The van der Waals surface area contributed by atoms with E-state index in [-0.39, 0.29) is 11.2 Å². The van der Waals surface area contributed by atoms with E-state index in [4.69, 9.17) is 0 Å². The third-order valence-electron chi connectivity index (χ3n) is 5.78. The summed E-state index contributed by atoms with van der Waals surface area (Å²) in [6.07, 6.45) is 0.969. The molecule has 1 unspecified atom stereocenters. The predicted octanol–water partition coefficient (Wildman–Crippen LogP) is 3.00. The first kappa shape index (κ1) is 17.7. The fourth-order valence-corrected chi connectivity index (χ4v) is 4.59. The fraction of sp³-hybridized carbons (Fsp3) is 0.261. The summed E-state index contributed by atoms with van der Waals surface area (Å²) in [4.78, 5) is 40.0. The van der Waals surface area contributed by atoms with Crippen molar-refractivity contribution in [1.82, 2.24) is 13.9 Å². The number of allylic oxidation sites excluding steroid dienone is 2. The normalized spacial score (nSPS) is 19.9. The number of para-hydroxylation sites is 1. The Morgan fingerprint density at radius 1 is 0.828 bits per heavy atom. The molecule has 0 saturated heterocycles. The maximum Gasteiger partial charge on any atom is 0.356 e. The van der Waals surface area contributed by atoms with Crippen LogP contribution in [0.25, 0.3) is 11.4 Å². The third-order valence-corrected chi connectivity index (χ3v) is 5.78. The van der Waals surface area contributed by atoms with E-state index in [2.05, 4.69) is 0 Å². The highest BCUT2D eigenvalue weighted by Crippen LogP contribution is 2.46. The van der Waals surface area contributed by atoms with Gasteiger partial charge in [-0.25, -0.2) is 23.5 Å². The highest BCUT2D eigenvalue weighted by atomic mass is 16.2. The number of hydrogen-bond donors (Lipinski definition) is 0. The SMILES string of the molecule is CC1(C)CC(=O)C2=C(C1)n1c(=O)n(-c3ccccc3)c(=O)n1C2c1ccccc1. The van der Waals surface area contributed by atoms with Crippen LogP contribution in [0.3, 0.4) is 0 Å². The topological polar surface area (TPSA) is 66.0 Å². The molecule has 2 heterocycles. The fourth-order valence-electron chi connectivity index (χ4n) is 4.59. The monoisotopic (exact) mass is 387 g/mol. The van der Waals surface area contributed by atoms with Crippen molar-refractivity contribution in [2.24, 2.45) is 5.41 Å². The van der Waals surface area contributed by atoms with Crippen LogP contribution in [0.1, 0.15) is 38.3 Å². The second kappa shape index (κ2) is 6.04. The second-order valence-electron chi connectivity index (χ2n) is 8.51. The second-order valence-corrected chi connectivity index (χ2v) is 8.51. The van der Waals surface area contributed by atoms with Crippen molar-refractivity contribution in [3.63, 3.8) is 0 Å². The van der Waals surface area contributed by atoms with Gasteiger partial charge in [0.1, 0.15) is 6.04 Å². The summed E-state index contributed by atoms with van der Waals surface area (Å²) < 4.78 is 4.07. The van der Waals surface area contributed by atoms with Crippen molar-refractivity contribution in [3.05, 3.63) is 92.8 Å². The zero-order valence-corrected chi connectivity index (χ0v) is 16.3. The smallest absolute Gasteiger partial charge is 0.294 e. The van der Waals surface area contributed by atoms with Gasteiger partial charge in [-0.1, -0.05) is 62.4 Å². The van der Waals surface area contributed by atoms with Gasteiger partial charge in [0.2, 0.25) is 0 Å². The Morgan fingerprint density at radius 2 is 1.45 bits per heavy atom. The Morgan fingerprint density at radius 3 is 2.10 bits per heavy atom. The summed E-state index contributed by atoms with van der Waals surface area (Å²) in [5, 5.41) is 0. The number of benzene rings is 2. The van der Waals surface area contributed by atoms with Crippen molar-refractivity contribution in [1.29, 1.82) is 0 Å². The number of ketones is 1. The van der Waals surface area contributed by atoms with E-state index in [0.29, 0.717) is 29.8 Å². The number of Topliss-reactive ketones (excluding diaryl/α,β-unsaturated/α-hetero) is 1. The number of hydrogen-bond acceptors (Lipinski definition) is 3. The Labute approximate surface area is 167 Å². The van der Waals surface area contributed by atoms with Gasteiger partial charge in [-0.2, -0.15) is 0 Å². The Balaban J connectivity index is 1.85. The minimum atomic E-state index is -0.583. The summed E-state index contributed by atoms with van der Waals surface area (Å²) in [6, 6.07) is 17.8. The van der Waals surface area contributed by atoms with Crippen molar-refractivity contribution in [2.75, 3.05) is 0 Å². The van der Waals surface area contributed by atoms with Gasteiger partial charge in [0, 0.05) is 12.0 Å². The molecule has 2 aliphatic rings. The van der Waals surface area contributed by atoms with Gasteiger partial charge in [-0.05, 0) is 29.5 Å². The zero-order chi connectivity index (χ0) is 20.3. The third kappa shape index (κ3) is 2.52. The van der Waals surface area contributed by atoms with Crippen molar-refractivity contribution in [2.45, 2.75) is 32.7 Å². The number of carbonyl (C=O) groups excluding carboxylic acids is 1. The largest absolute Gasteiger partial charge is 0.356 e. The van der Waals surface area contributed by atoms with E-state index < -0.39 is 17.4 Å². The van der Waals surface area contributed by atoms with Crippen LogP contribution < -0.4 is 11.4 Å². The lowest BCUT2D eigenvalue weighted by Gasteiger charge is -2.30. The molecule has 6 nitrogen and oxygen atoms in total. The van der Waals surface area contributed by atoms with Crippen LogP contribution in [0.4, 0.5) is 0 Å². The number of aromatic nitrogens is 3. The van der Waals surface area contributed by atoms with Gasteiger partial charge < -0.3 is 0 Å². The van der Waals surface area contributed by atoms with Crippen LogP contribution in [0.15, 0.2) is 75.8 Å². The lowest BCUT2D eigenvalue weighted by molar-refractivity contribution is -0.118. The van der Waals surface area contributed by atoms with E-state index in [0.717, 1.165) is 5.56 Å². The van der Waals surface area contributed by atoms with Crippen molar-refractivity contribution >= 4 is 11.5 Å². The molecule has 1 atom stereocenters. The molecule has 146 valence electrons. The van der Waals surface area contributed by atoms with Gasteiger partial charge in [0.05, 0.1) is 11.4 Å². The van der Waals surface area contributed by atoms with E-state index in [1.54, 1.807) is 24.3 Å². The van der Waals surface area contributed by atoms with E-state index in [1.165, 1.54) is 13.9 Å². The first-order valence-electron chi connectivity index (χ1n) is 9.73. The van der Waals surface area contributed by atoms with Gasteiger partial charge in [-0.3, -0.25) is 4.79 Å². The molecular formula is C23H21N3O3. The minimum absolute atomic E-state index is 0.00589. The molecule has 1 aromatic heterocycles. The molecule has 0 radical (unpaired) electrons. The van der Waals surface area contributed by atoms with Crippen molar-refractivity contribution in [3.8, 4) is 5.69 Å². The zero-order valence-electron chi connectivity index (χ0n) is 16.3. The van der Waals surface area contributed by atoms with Gasteiger partial charge in [0.15, 0.2) is 5.78 Å². The summed E-state index contributed by atoms with van der Waals surface area (Å²) in [7, 11) is 0. The molecular weight excluding hydrogens is 366 g/mol. The maximum atomic E-state index is 13.4. The van der Waals surface area contributed by atoms with Crippen LogP contribution in [0, 0.1) is 5.41 Å². The molecule has 0 spiro atoms. The number of rotatable bonds is 2. The average Bonchev–Trinajstić information content (AvgIpc) is 3.16. The van der Waals surface area contributed by atoms with Crippen molar-refractivity contribution < 1.29 is 4.79 Å². The Bertz CT molecular complexity index is 1270. The molecule has 1 aliphatic heterocycles. The number of nitrogens with zero attached hydrogens (tertiary/aromatic N) is 3. The molecule has 1 aliphatic carbocycles. The van der Waals surface area contributed by atoms with Crippen LogP contribution in [0.5, 0.6) is 0 Å². The van der Waals surface area contributed by atoms with Crippen LogP contribution in [-0.2, 0) is 4.79 Å². The van der Waals surface area contributed by atoms with Gasteiger partial charge >= 0.3 is 11.4 Å². The van der Waals surface area contributed by atoms with Gasteiger partial charge in [0.25, 0.3) is 0 Å². The standard InChI is InChI=1S/C23H21N3O3/c1-23(2)13-17-19(18(27)14-23)20(15-9-5-3-6-10-15)26-22(29)24(21(28)25(17)26)16-11-7-4-8-12-16/h3-12,20H,13-14H2,1-2H3. The molecule has 0 N–H and O–H groups in total. The molecule has 5 rings (SSSR count). The number of carbonyl (C=O) groups is 1. The quantitative estimate of drug-likeness (QED) is 0.679. The van der Waals surface area contributed by atoms with E-state index in [1.807, 2.05) is 50.2 Å². The minimum Gasteiger partial charge on any atom is -0.294 e. The molecule has 0 bridgehead atoms. The highest BCUT2D eigenvalue weighted by Gasteiger charge is 2.45. The first-order valence-corrected chi connectivity index (χ1v) is 9.73. The molecule has 0 amide bonds. The molecule has 0 fully saturated rings. The average molecular weight is 387 g/mol. The Hall–Kier alpha value is -3.41. The molecule has 6 heteroatoms. The van der Waals surface area contributed by atoms with Crippen LogP contribution in [-0.4, -0.2) is 19.7 Å². The number of fused-ring (bicyclic) bond motifs is 2. The van der Waals surface area contributed by atoms with E-state index >= 15 is 0 Å². The van der Waals surface area contributed by atoms with Gasteiger partial charge in [-0.15, -0.1) is 0 Å². The molecule has 0 saturated carbocycles. The molecule has 3 aromatic rings. The lowest BCUT2D eigenvalue weighted by atomic mass is 9.74. The molecule has 29 heavy (non-hydrogen) atoms. The Kier molecular flexibility index (Phi) is 3.68. The molecule has 2 aromatic carbocycles. The van der Waals surface area contributed by atoms with E-state index in [9.17, 15) is 14.4 Å².